The molecule has 70 valence electrons. The molecule has 3 N–H and O–H groups in total. The first-order valence-corrected chi connectivity index (χ1v) is 4.64. The number of hydrogen-bond acceptors (Lipinski definition) is 2. The van der Waals surface area contributed by atoms with E-state index in [1.54, 1.807) is 0 Å². The summed E-state index contributed by atoms with van der Waals surface area (Å²) in [6, 6.07) is 0. The van der Waals surface area contributed by atoms with Crippen LogP contribution >= 0.6 is 0 Å². The van der Waals surface area contributed by atoms with Crippen LogP contribution in [-0.2, 0) is 0 Å². The van der Waals surface area contributed by atoms with Crippen molar-refractivity contribution in [2.45, 2.75) is 38.7 Å². The summed E-state index contributed by atoms with van der Waals surface area (Å²) in [5.41, 5.74) is 6.34. The van der Waals surface area contributed by atoms with Crippen LogP contribution < -0.4 is 5.73 Å². The van der Waals surface area contributed by atoms with E-state index in [0.717, 1.165) is 19.3 Å². The molecule has 0 amide bonds. The van der Waals surface area contributed by atoms with Gasteiger partial charge in [0.1, 0.15) is 0 Å². The van der Waals surface area contributed by atoms with Crippen molar-refractivity contribution in [2.75, 3.05) is 6.54 Å². The van der Waals surface area contributed by atoms with Crippen molar-refractivity contribution in [1.29, 1.82) is 0 Å². The highest BCUT2D eigenvalue weighted by Crippen LogP contribution is 2.31. The Labute approximate surface area is 74.5 Å². The Morgan fingerprint density at radius 1 is 1.67 bits per heavy atom. The predicted octanol–water partition coefficient (Wildman–Crippen LogP) is 1.44. The second-order valence-corrected chi connectivity index (χ2v) is 4.19. The molecule has 0 fully saturated rings. The Kier molecular flexibility index (Phi) is 2.91. The molecule has 0 spiro atoms. The highest BCUT2D eigenvalue weighted by atomic mass is 16.3. The molecule has 0 aliphatic heterocycles. The lowest BCUT2D eigenvalue weighted by atomic mass is 9.79. The van der Waals surface area contributed by atoms with E-state index in [0.29, 0.717) is 12.5 Å². The second-order valence-electron chi connectivity index (χ2n) is 4.19. The summed E-state index contributed by atoms with van der Waals surface area (Å²) < 4.78 is 0. The fourth-order valence-corrected chi connectivity index (χ4v) is 1.72. The molecule has 0 saturated carbocycles. The summed E-state index contributed by atoms with van der Waals surface area (Å²) in [5, 5.41) is 9.74. The molecule has 1 aliphatic carbocycles. The van der Waals surface area contributed by atoms with E-state index in [9.17, 15) is 5.11 Å². The molecule has 1 aliphatic rings. The first-order valence-electron chi connectivity index (χ1n) is 4.64. The summed E-state index contributed by atoms with van der Waals surface area (Å²) in [4.78, 5) is 0. The van der Waals surface area contributed by atoms with Crippen molar-refractivity contribution >= 4 is 0 Å². The molecule has 1 unspecified atom stereocenters. The van der Waals surface area contributed by atoms with Crippen molar-refractivity contribution in [3.05, 3.63) is 11.6 Å². The van der Waals surface area contributed by atoms with Gasteiger partial charge < -0.3 is 10.8 Å². The van der Waals surface area contributed by atoms with Crippen LogP contribution in [0, 0.1) is 5.92 Å². The Balaban J connectivity index is 2.52. The SMILES string of the molecule is CC(C)(O)C1CC=C(CN)CC1. The van der Waals surface area contributed by atoms with E-state index < -0.39 is 5.60 Å². The van der Waals surface area contributed by atoms with Crippen molar-refractivity contribution in [1.82, 2.24) is 0 Å². The predicted molar refractivity (Wildman–Crippen MR) is 50.8 cm³/mol. The number of nitrogens with two attached hydrogens (primary N) is 1. The minimum atomic E-state index is -0.531. The normalized spacial score (nSPS) is 25.3. The molecule has 0 heterocycles. The van der Waals surface area contributed by atoms with Crippen LogP contribution in [0.1, 0.15) is 33.1 Å². The summed E-state index contributed by atoms with van der Waals surface area (Å²) in [6.45, 7) is 4.45. The van der Waals surface area contributed by atoms with Crippen LogP contribution in [0.5, 0.6) is 0 Å². The minimum absolute atomic E-state index is 0.410. The number of allylic oxidation sites excluding steroid dienone is 1. The first kappa shape index (κ1) is 9.75. The molecule has 12 heavy (non-hydrogen) atoms. The maximum absolute atomic E-state index is 9.74. The molecule has 0 aromatic carbocycles. The van der Waals surface area contributed by atoms with Gasteiger partial charge in [0, 0.05) is 6.54 Å². The van der Waals surface area contributed by atoms with E-state index in [-0.39, 0.29) is 0 Å². The molecule has 0 radical (unpaired) electrons. The van der Waals surface area contributed by atoms with Crippen LogP contribution in [0.15, 0.2) is 11.6 Å². The molecule has 0 bridgehead atoms. The quantitative estimate of drug-likeness (QED) is 0.614. The largest absolute Gasteiger partial charge is 0.390 e. The van der Waals surface area contributed by atoms with Gasteiger partial charge in [-0.15, -0.1) is 0 Å². The fourth-order valence-electron chi connectivity index (χ4n) is 1.72. The van der Waals surface area contributed by atoms with Crippen LogP contribution in [0.4, 0.5) is 0 Å². The van der Waals surface area contributed by atoms with E-state index in [1.165, 1.54) is 5.57 Å². The van der Waals surface area contributed by atoms with E-state index in [4.69, 9.17) is 5.73 Å². The van der Waals surface area contributed by atoms with Crippen LogP contribution in [-0.4, -0.2) is 17.3 Å². The highest BCUT2D eigenvalue weighted by molar-refractivity contribution is 5.09. The van der Waals surface area contributed by atoms with E-state index in [1.807, 2.05) is 13.8 Å². The lowest BCUT2D eigenvalue weighted by Gasteiger charge is -2.31. The van der Waals surface area contributed by atoms with Gasteiger partial charge in [-0.25, -0.2) is 0 Å². The van der Waals surface area contributed by atoms with Gasteiger partial charge in [0.15, 0.2) is 0 Å². The lowest BCUT2D eigenvalue weighted by Crippen LogP contribution is -2.32. The summed E-state index contributed by atoms with van der Waals surface area (Å²) in [7, 11) is 0. The third-order valence-corrected chi connectivity index (χ3v) is 2.77. The molecule has 1 rings (SSSR count). The maximum atomic E-state index is 9.74. The average molecular weight is 169 g/mol. The van der Waals surface area contributed by atoms with Gasteiger partial charge in [-0.1, -0.05) is 11.6 Å². The fraction of sp³-hybridized carbons (Fsp3) is 0.800. The van der Waals surface area contributed by atoms with Gasteiger partial charge in [-0.2, -0.15) is 0 Å². The molecule has 1 atom stereocenters. The topological polar surface area (TPSA) is 46.2 Å². The lowest BCUT2D eigenvalue weighted by molar-refractivity contribution is 0.0126. The summed E-state index contributed by atoms with van der Waals surface area (Å²) in [6.07, 6.45) is 5.31. The van der Waals surface area contributed by atoms with E-state index >= 15 is 0 Å². The zero-order valence-electron chi connectivity index (χ0n) is 8.01. The van der Waals surface area contributed by atoms with Crippen LogP contribution in [0.3, 0.4) is 0 Å². The van der Waals surface area contributed by atoms with Crippen molar-refractivity contribution in [3.8, 4) is 0 Å². The molecule has 2 nitrogen and oxygen atoms in total. The van der Waals surface area contributed by atoms with Gasteiger partial charge in [-0.05, 0) is 39.0 Å². The Hall–Kier alpha value is -0.340. The second kappa shape index (κ2) is 3.58. The van der Waals surface area contributed by atoms with Gasteiger partial charge in [0.2, 0.25) is 0 Å². The van der Waals surface area contributed by atoms with Crippen LogP contribution in [0.25, 0.3) is 0 Å². The molecule has 0 aromatic rings. The smallest absolute Gasteiger partial charge is 0.0622 e. The molecular formula is C10H19NO. The highest BCUT2D eigenvalue weighted by Gasteiger charge is 2.27. The zero-order valence-corrected chi connectivity index (χ0v) is 8.01. The third kappa shape index (κ3) is 2.32. The summed E-state index contributed by atoms with van der Waals surface area (Å²) >= 11 is 0. The van der Waals surface area contributed by atoms with Gasteiger partial charge in [-0.3, -0.25) is 0 Å². The standard InChI is InChI=1S/C10H19NO/c1-10(2,12)9-5-3-8(7-11)4-6-9/h3,9,12H,4-7,11H2,1-2H3. The first-order chi connectivity index (χ1) is 5.54. The monoisotopic (exact) mass is 169 g/mol. The summed E-state index contributed by atoms with van der Waals surface area (Å²) in [5.74, 6) is 0.410. The maximum Gasteiger partial charge on any atom is 0.0622 e. The number of rotatable bonds is 2. The average Bonchev–Trinajstić information content (AvgIpc) is 2.03. The number of aliphatic hydroxyl groups is 1. The van der Waals surface area contributed by atoms with Crippen molar-refractivity contribution in [2.24, 2.45) is 11.7 Å². The minimum Gasteiger partial charge on any atom is -0.390 e. The van der Waals surface area contributed by atoms with Gasteiger partial charge in [0.25, 0.3) is 0 Å². The Bertz CT molecular complexity index is 179. The van der Waals surface area contributed by atoms with E-state index in [2.05, 4.69) is 6.08 Å². The molecule has 0 aromatic heterocycles. The number of hydrogen-bond donors (Lipinski definition) is 2. The molecular weight excluding hydrogens is 150 g/mol. The van der Waals surface area contributed by atoms with Gasteiger partial charge >= 0.3 is 0 Å². The van der Waals surface area contributed by atoms with Gasteiger partial charge in [0.05, 0.1) is 5.60 Å². The Morgan fingerprint density at radius 3 is 2.67 bits per heavy atom. The molecule has 2 heteroatoms. The third-order valence-electron chi connectivity index (χ3n) is 2.77. The van der Waals surface area contributed by atoms with Crippen molar-refractivity contribution in [3.63, 3.8) is 0 Å². The van der Waals surface area contributed by atoms with Crippen molar-refractivity contribution < 1.29 is 5.11 Å². The Morgan fingerprint density at radius 2 is 2.33 bits per heavy atom. The molecule has 0 saturated heterocycles. The zero-order chi connectivity index (χ0) is 9.19. The van der Waals surface area contributed by atoms with Crippen LogP contribution in [0.2, 0.25) is 0 Å².